The highest BCUT2D eigenvalue weighted by atomic mass is 32.1. The van der Waals surface area contributed by atoms with E-state index in [0.29, 0.717) is 17.4 Å². The molecule has 2 aromatic heterocycles. The molecular weight excluding hydrogens is 396 g/mol. The maximum absolute atomic E-state index is 12.9. The Labute approximate surface area is 180 Å². The molecule has 1 aromatic carbocycles. The van der Waals surface area contributed by atoms with Gasteiger partial charge in [0.1, 0.15) is 5.82 Å². The average molecular weight is 421 g/mol. The van der Waals surface area contributed by atoms with E-state index in [1.165, 1.54) is 17.4 Å². The Morgan fingerprint density at radius 3 is 2.57 bits per heavy atom. The molecule has 6 nitrogen and oxygen atoms in total. The standard InChI is InChI=1S/C23H24N4O2S/c1-4-18-14-25-23(30-18)27-22(29)19(5-2)16-9-7-8-15(12-16)17-10-11-20(24-13-17)26-21(28)6-3/h6-14,19H,3-5H2,1-2H3,(H,24,26,28)(H,25,27,29). The van der Waals surface area contributed by atoms with Crippen LogP contribution >= 0.6 is 11.3 Å². The summed E-state index contributed by atoms with van der Waals surface area (Å²) in [6, 6.07) is 11.5. The molecule has 3 aromatic rings. The van der Waals surface area contributed by atoms with Crippen LogP contribution in [-0.4, -0.2) is 21.8 Å². The predicted octanol–water partition coefficient (Wildman–Crippen LogP) is 5.02. The number of anilines is 2. The number of carbonyl (C=O) groups is 2. The number of rotatable bonds is 8. The summed E-state index contributed by atoms with van der Waals surface area (Å²) in [5.74, 6) is -0.189. The third kappa shape index (κ3) is 5.18. The second-order valence-electron chi connectivity index (χ2n) is 6.69. The summed E-state index contributed by atoms with van der Waals surface area (Å²) in [7, 11) is 0. The highest BCUT2D eigenvalue weighted by Gasteiger charge is 2.20. The molecule has 3 rings (SSSR count). The lowest BCUT2D eigenvalue weighted by Crippen LogP contribution is -2.20. The van der Waals surface area contributed by atoms with Gasteiger partial charge in [-0.25, -0.2) is 9.97 Å². The summed E-state index contributed by atoms with van der Waals surface area (Å²) in [5, 5.41) is 6.20. The van der Waals surface area contributed by atoms with Crippen LogP contribution in [0.15, 0.2) is 61.4 Å². The maximum Gasteiger partial charge on any atom is 0.248 e. The van der Waals surface area contributed by atoms with Crippen molar-refractivity contribution in [3.05, 3.63) is 71.9 Å². The molecule has 0 saturated heterocycles. The zero-order valence-electron chi connectivity index (χ0n) is 17.0. The van der Waals surface area contributed by atoms with Crippen LogP contribution in [0.4, 0.5) is 10.9 Å². The monoisotopic (exact) mass is 420 g/mol. The second-order valence-corrected chi connectivity index (χ2v) is 7.80. The van der Waals surface area contributed by atoms with E-state index in [0.717, 1.165) is 28.0 Å². The van der Waals surface area contributed by atoms with E-state index < -0.39 is 0 Å². The highest BCUT2D eigenvalue weighted by molar-refractivity contribution is 7.15. The van der Waals surface area contributed by atoms with Gasteiger partial charge in [0.05, 0.1) is 5.92 Å². The maximum atomic E-state index is 12.9. The Morgan fingerprint density at radius 1 is 1.10 bits per heavy atom. The first-order chi connectivity index (χ1) is 14.5. The molecule has 7 heteroatoms. The number of carbonyl (C=O) groups excluding carboxylic acids is 2. The van der Waals surface area contributed by atoms with Crippen molar-refractivity contribution in [1.82, 2.24) is 9.97 Å². The number of hydrogen-bond acceptors (Lipinski definition) is 5. The van der Waals surface area contributed by atoms with Crippen molar-refractivity contribution in [1.29, 1.82) is 0 Å². The van der Waals surface area contributed by atoms with Gasteiger partial charge in [0, 0.05) is 22.8 Å². The number of hydrogen-bond donors (Lipinski definition) is 2. The molecule has 2 N–H and O–H groups in total. The van der Waals surface area contributed by atoms with Gasteiger partial charge in [-0.05, 0) is 42.2 Å². The van der Waals surface area contributed by atoms with Crippen LogP contribution in [-0.2, 0) is 16.0 Å². The molecule has 154 valence electrons. The van der Waals surface area contributed by atoms with Crippen LogP contribution in [0.25, 0.3) is 11.1 Å². The Bertz CT molecular complexity index is 1040. The molecule has 0 aliphatic carbocycles. The fourth-order valence-corrected chi connectivity index (χ4v) is 3.80. The molecule has 0 spiro atoms. The summed E-state index contributed by atoms with van der Waals surface area (Å²) in [6.07, 6.45) is 6.27. The first-order valence-corrected chi connectivity index (χ1v) is 10.6. The Hall–Kier alpha value is -3.32. The number of amides is 2. The number of pyridine rings is 1. The van der Waals surface area contributed by atoms with Crippen molar-refractivity contribution in [2.24, 2.45) is 0 Å². The van der Waals surface area contributed by atoms with E-state index in [2.05, 4.69) is 34.1 Å². The largest absolute Gasteiger partial charge is 0.307 e. The normalized spacial score (nSPS) is 11.5. The van der Waals surface area contributed by atoms with Gasteiger partial charge in [-0.3, -0.25) is 9.59 Å². The summed E-state index contributed by atoms with van der Waals surface area (Å²) >= 11 is 1.50. The van der Waals surface area contributed by atoms with Crippen LogP contribution < -0.4 is 10.6 Å². The van der Waals surface area contributed by atoms with Crippen molar-refractivity contribution in [3.63, 3.8) is 0 Å². The van der Waals surface area contributed by atoms with E-state index in [4.69, 9.17) is 0 Å². The van der Waals surface area contributed by atoms with Crippen molar-refractivity contribution < 1.29 is 9.59 Å². The number of aryl methyl sites for hydroxylation is 1. The fourth-order valence-electron chi connectivity index (χ4n) is 3.04. The van der Waals surface area contributed by atoms with E-state index in [1.54, 1.807) is 18.5 Å². The smallest absolute Gasteiger partial charge is 0.248 e. The minimum atomic E-state index is -0.305. The van der Waals surface area contributed by atoms with Gasteiger partial charge in [0.2, 0.25) is 11.8 Å². The quantitative estimate of drug-likeness (QED) is 0.501. The second kappa shape index (κ2) is 9.93. The molecule has 2 heterocycles. The molecule has 30 heavy (non-hydrogen) atoms. The predicted molar refractivity (Wildman–Crippen MR) is 122 cm³/mol. The molecule has 0 aliphatic rings. The number of benzene rings is 1. The summed E-state index contributed by atoms with van der Waals surface area (Å²) in [4.78, 5) is 33.9. The van der Waals surface area contributed by atoms with Crippen LogP contribution in [0.5, 0.6) is 0 Å². The molecule has 2 amide bonds. The van der Waals surface area contributed by atoms with E-state index >= 15 is 0 Å². The van der Waals surface area contributed by atoms with Crippen molar-refractivity contribution in [3.8, 4) is 11.1 Å². The molecule has 1 unspecified atom stereocenters. The number of thiazole rings is 1. The molecule has 0 radical (unpaired) electrons. The van der Waals surface area contributed by atoms with Crippen LogP contribution in [0.1, 0.15) is 36.6 Å². The first kappa shape index (κ1) is 21.4. The number of nitrogens with one attached hydrogen (secondary N) is 2. The fraction of sp³-hybridized carbons (Fsp3) is 0.217. The lowest BCUT2D eigenvalue weighted by Gasteiger charge is -2.15. The van der Waals surface area contributed by atoms with Crippen LogP contribution in [0, 0.1) is 0 Å². The lowest BCUT2D eigenvalue weighted by atomic mass is 9.93. The Balaban J connectivity index is 1.77. The molecule has 1 atom stereocenters. The van der Waals surface area contributed by atoms with Crippen molar-refractivity contribution in [2.45, 2.75) is 32.6 Å². The average Bonchev–Trinajstić information content (AvgIpc) is 3.22. The molecule has 0 fully saturated rings. The minimum absolute atomic E-state index is 0.0627. The van der Waals surface area contributed by atoms with Crippen LogP contribution in [0.3, 0.4) is 0 Å². The van der Waals surface area contributed by atoms with Gasteiger partial charge in [-0.2, -0.15) is 0 Å². The molecule has 0 saturated carbocycles. The summed E-state index contributed by atoms with van der Waals surface area (Å²) in [5.41, 5.74) is 2.79. The number of nitrogens with zero attached hydrogens (tertiary/aromatic N) is 2. The van der Waals surface area contributed by atoms with Gasteiger partial charge in [-0.15, -0.1) is 11.3 Å². The Morgan fingerprint density at radius 2 is 1.93 bits per heavy atom. The van der Waals surface area contributed by atoms with Crippen molar-refractivity contribution in [2.75, 3.05) is 10.6 Å². The summed E-state index contributed by atoms with van der Waals surface area (Å²) in [6.45, 7) is 7.49. The molecular formula is C23H24N4O2S. The molecule has 0 bridgehead atoms. The van der Waals surface area contributed by atoms with Gasteiger partial charge in [0.15, 0.2) is 5.13 Å². The third-order valence-electron chi connectivity index (χ3n) is 4.68. The number of aromatic nitrogens is 2. The van der Waals surface area contributed by atoms with Gasteiger partial charge >= 0.3 is 0 Å². The van der Waals surface area contributed by atoms with Gasteiger partial charge < -0.3 is 10.6 Å². The first-order valence-electron chi connectivity index (χ1n) is 9.79. The zero-order valence-corrected chi connectivity index (χ0v) is 17.8. The summed E-state index contributed by atoms with van der Waals surface area (Å²) < 4.78 is 0. The lowest BCUT2D eigenvalue weighted by molar-refractivity contribution is -0.117. The van der Waals surface area contributed by atoms with Gasteiger partial charge in [-0.1, -0.05) is 44.7 Å². The van der Waals surface area contributed by atoms with E-state index in [9.17, 15) is 9.59 Å². The van der Waals surface area contributed by atoms with E-state index in [1.807, 2.05) is 37.3 Å². The molecule has 0 aliphatic heterocycles. The minimum Gasteiger partial charge on any atom is -0.307 e. The van der Waals surface area contributed by atoms with Crippen LogP contribution in [0.2, 0.25) is 0 Å². The topological polar surface area (TPSA) is 84.0 Å². The Kier molecular flexibility index (Phi) is 7.08. The third-order valence-corrected chi connectivity index (χ3v) is 5.74. The zero-order chi connectivity index (χ0) is 21.5. The SMILES string of the molecule is C=CC(=O)Nc1ccc(-c2cccc(C(CC)C(=O)Nc3ncc(CC)s3)c2)cn1. The van der Waals surface area contributed by atoms with E-state index in [-0.39, 0.29) is 17.7 Å². The highest BCUT2D eigenvalue weighted by Crippen LogP contribution is 2.28. The van der Waals surface area contributed by atoms with Crippen molar-refractivity contribution >= 4 is 34.1 Å². The van der Waals surface area contributed by atoms with Gasteiger partial charge in [0.25, 0.3) is 0 Å².